The molecule has 1 fully saturated rings. The second-order valence-corrected chi connectivity index (χ2v) is 8.35. The number of rotatable bonds is 10. The fourth-order valence-corrected chi connectivity index (χ4v) is 4.17. The number of carbonyl (C=O) groups is 3. The molecule has 1 heterocycles. The summed E-state index contributed by atoms with van der Waals surface area (Å²) in [5.74, 6) is 0.0207. The van der Waals surface area contributed by atoms with Gasteiger partial charge in [0.05, 0.1) is 19.9 Å². The number of aromatic nitrogens is 1. The van der Waals surface area contributed by atoms with Crippen LogP contribution in [0.25, 0.3) is 0 Å². The standard InChI is InChI=1S/C22H28N4O5S/c1-30-16-7-8-18(31-2)17(13-16)26(14-20(28)24-15-5-3-4-6-15)21(29)10-9-19(27)25-22-23-11-12-32-22/h7-8,11-13,15H,3-6,9-10,14H2,1-2H3,(H,24,28)(H,23,25,27). The SMILES string of the molecule is COc1ccc(OC)c(N(CC(=O)NC2CCCC2)C(=O)CCC(=O)Nc2nccs2)c1. The highest BCUT2D eigenvalue weighted by Crippen LogP contribution is 2.33. The molecule has 2 N–H and O–H groups in total. The van der Waals surface area contributed by atoms with E-state index in [2.05, 4.69) is 15.6 Å². The summed E-state index contributed by atoms with van der Waals surface area (Å²) < 4.78 is 10.7. The van der Waals surface area contributed by atoms with E-state index in [0.717, 1.165) is 25.7 Å². The van der Waals surface area contributed by atoms with Gasteiger partial charge in [-0.2, -0.15) is 0 Å². The molecule has 172 valence electrons. The molecular weight excluding hydrogens is 432 g/mol. The lowest BCUT2D eigenvalue weighted by Gasteiger charge is -2.25. The fourth-order valence-electron chi connectivity index (χ4n) is 3.62. The summed E-state index contributed by atoms with van der Waals surface area (Å²) in [6.07, 6.45) is 5.54. The predicted molar refractivity (Wildman–Crippen MR) is 122 cm³/mol. The minimum absolute atomic E-state index is 0.0363. The molecule has 3 rings (SSSR count). The van der Waals surface area contributed by atoms with Crippen molar-refractivity contribution in [3.63, 3.8) is 0 Å². The van der Waals surface area contributed by atoms with Gasteiger partial charge in [-0.15, -0.1) is 11.3 Å². The Labute approximate surface area is 191 Å². The number of thiazole rings is 1. The smallest absolute Gasteiger partial charge is 0.240 e. The number of amides is 3. The molecule has 10 heteroatoms. The van der Waals surface area contributed by atoms with E-state index in [1.165, 1.54) is 30.5 Å². The number of anilines is 2. The Bertz CT molecular complexity index is 928. The second kappa shape index (κ2) is 11.5. The molecule has 1 aliphatic carbocycles. The summed E-state index contributed by atoms with van der Waals surface area (Å²) in [5.41, 5.74) is 0.416. The topological polar surface area (TPSA) is 110 Å². The third-order valence-corrected chi connectivity index (χ3v) is 5.93. The Hall–Kier alpha value is -3.14. The minimum Gasteiger partial charge on any atom is -0.497 e. The lowest BCUT2D eigenvalue weighted by molar-refractivity contribution is -0.125. The van der Waals surface area contributed by atoms with Gasteiger partial charge in [-0.1, -0.05) is 12.8 Å². The molecule has 0 saturated heterocycles. The maximum Gasteiger partial charge on any atom is 0.240 e. The third-order valence-electron chi connectivity index (χ3n) is 5.24. The van der Waals surface area contributed by atoms with Crippen molar-refractivity contribution in [2.75, 3.05) is 31.0 Å². The van der Waals surface area contributed by atoms with E-state index in [1.54, 1.807) is 29.8 Å². The summed E-state index contributed by atoms with van der Waals surface area (Å²) in [6, 6.07) is 5.18. The van der Waals surface area contributed by atoms with Gasteiger partial charge in [0.2, 0.25) is 17.7 Å². The monoisotopic (exact) mass is 460 g/mol. The Morgan fingerprint density at radius 2 is 1.91 bits per heavy atom. The molecule has 0 unspecified atom stereocenters. The quantitative estimate of drug-likeness (QED) is 0.564. The zero-order chi connectivity index (χ0) is 22.9. The van der Waals surface area contributed by atoms with E-state index in [0.29, 0.717) is 22.3 Å². The fraction of sp³-hybridized carbons (Fsp3) is 0.455. The van der Waals surface area contributed by atoms with Gasteiger partial charge in [-0.05, 0) is 25.0 Å². The second-order valence-electron chi connectivity index (χ2n) is 7.45. The Morgan fingerprint density at radius 3 is 2.56 bits per heavy atom. The van der Waals surface area contributed by atoms with E-state index in [-0.39, 0.29) is 43.1 Å². The van der Waals surface area contributed by atoms with E-state index >= 15 is 0 Å². The zero-order valence-electron chi connectivity index (χ0n) is 18.3. The molecule has 0 atom stereocenters. The molecule has 2 aromatic rings. The molecule has 0 aliphatic heterocycles. The number of nitrogens with zero attached hydrogens (tertiary/aromatic N) is 2. The average Bonchev–Trinajstić information content (AvgIpc) is 3.49. The minimum atomic E-state index is -0.368. The highest BCUT2D eigenvalue weighted by atomic mass is 32.1. The molecule has 0 spiro atoms. The first-order valence-electron chi connectivity index (χ1n) is 10.5. The molecular formula is C22H28N4O5S. The van der Waals surface area contributed by atoms with Gasteiger partial charge in [-0.3, -0.25) is 19.3 Å². The third kappa shape index (κ3) is 6.43. The lowest BCUT2D eigenvalue weighted by Crippen LogP contribution is -2.44. The first-order chi connectivity index (χ1) is 15.5. The van der Waals surface area contributed by atoms with Crippen molar-refractivity contribution in [3.05, 3.63) is 29.8 Å². The summed E-state index contributed by atoms with van der Waals surface area (Å²) in [6.45, 7) is -0.174. The maximum absolute atomic E-state index is 13.1. The molecule has 3 amide bonds. The molecule has 1 aromatic carbocycles. The van der Waals surface area contributed by atoms with E-state index in [4.69, 9.17) is 9.47 Å². The summed E-state index contributed by atoms with van der Waals surface area (Å²) in [4.78, 5) is 43.4. The van der Waals surface area contributed by atoms with Crippen LogP contribution < -0.4 is 25.0 Å². The highest BCUT2D eigenvalue weighted by Gasteiger charge is 2.25. The van der Waals surface area contributed by atoms with Crippen LogP contribution in [-0.4, -0.2) is 49.5 Å². The first kappa shape index (κ1) is 23.5. The van der Waals surface area contributed by atoms with Crippen molar-refractivity contribution in [2.45, 2.75) is 44.6 Å². The van der Waals surface area contributed by atoms with Crippen molar-refractivity contribution in [3.8, 4) is 11.5 Å². The molecule has 32 heavy (non-hydrogen) atoms. The normalized spacial score (nSPS) is 13.4. The van der Waals surface area contributed by atoms with Crippen LogP contribution in [0.15, 0.2) is 29.8 Å². The number of nitrogens with one attached hydrogen (secondary N) is 2. The van der Waals surface area contributed by atoms with E-state index < -0.39 is 0 Å². The van der Waals surface area contributed by atoms with Crippen LogP contribution in [0.4, 0.5) is 10.8 Å². The number of methoxy groups -OCH3 is 2. The highest BCUT2D eigenvalue weighted by molar-refractivity contribution is 7.13. The number of hydrogen-bond donors (Lipinski definition) is 2. The van der Waals surface area contributed by atoms with Crippen molar-refractivity contribution in [1.29, 1.82) is 0 Å². The van der Waals surface area contributed by atoms with Crippen LogP contribution in [0.2, 0.25) is 0 Å². The lowest BCUT2D eigenvalue weighted by atomic mass is 10.2. The van der Waals surface area contributed by atoms with Gasteiger partial charge in [0.15, 0.2) is 5.13 Å². The van der Waals surface area contributed by atoms with Crippen LogP contribution in [0.5, 0.6) is 11.5 Å². The zero-order valence-corrected chi connectivity index (χ0v) is 19.1. The number of benzene rings is 1. The van der Waals surface area contributed by atoms with Gasteiger partial charge in [0.25, 0.3) is 0 Å². The Kier molecular flexibility index (Phi) is 8.43. The van der Waals surface area contributed by atoms with Gasteiger partial charge < -0.3 is 20.1 Å². The van der Waals surface area contributed by atoms with Crippen LogP contribution in [0.3, 0.4) is 0 Å². The summed E-state index contributed by atoms with van der Waals surface area (Å²) in [5, 5.41) is 7.89. The van der Waals surface area contributed by atoms with Crippen LogP contribution in [0.1, 0.15) is 38.5 Å². The predicted octanol–water partition coefficient (Wildman–Crippen LogP) is 2.97. The maximum atomic E-state index is 13.1. The van der Waals surface area contributed by atoms with Crippen LogP contribution in [0, 0.1) is 0 Å². The summed E-state index contributed by atoms with van der Waals surface area (Å²) in [7, 11) is 3.02. The van der Waals surface area contributed by atoms with Crippen molar-refractivity contribution >= 4 is 39.9 Å². The average molecular weight is 461 g/mol. The summed E-state index contributed by atoms with van der Waals surface area (Å²) >= 11 is 1.30. The Morgan fingerprint density at radius 1 is 1.12 bits per heavy atom. The van der Waals surface area contributed by atoms with Crippen LogP contribution in [-0.2, 0) is 14.4 Å². The van der Waals surface area contributed by atoms with Gasteiger partial charge >= 0.3 is 0 Å². The molecule has 1 aromatic heterocycles. The van der Waals surface area contributed by atoms with Crippen LogP contribution >= 0.6 is 11.3 Å². The van der Waals surface area contributed by atoms with E-state index in [9.17, 15) is 14.4 Å². The molecule has 1 saturated carbocycles. The molecule has 0 bridgehead atoms. The number of hydrogen-bond acceptors (Lipinski definition) is 7. The number of ether oxygens (including phenoxy) is 2. The van der Waals surface area contributed by atoms with Crippen molar-refractivity contribution in [1.82, 2.24) is 10.3 Å². The van der Waals surface area contributed by atoms with Crippen molar-refractivity contribution < 1.29 is 23.9 Å². The first-order valence-corrected chi connectivity index (χ1v) is 11.4. The molecule has 9 nitrogen and oxygen atoms in total. The van der Waals surface area contributed by atoms with Gasteiger partial charge in [0.1, 0.15) is 18.0 Å². The van der Waals surface area contributed by atoms with Crippen molar-refractivity contribution in [2.24, 2.45) is 0 Å². The Balaban J connectivity index is 1.73. The molecule has 1 aliphatic rings. The molecule has 0 radical (unpaired) electrons. The van der Waals surface area contributed by atoms with Gasteiger partial charge in [0, 0.05) is 36.5 Å². The largest absolute Gasteiger partial charge is 0.497 e. The van der Waals surface area contributed by atoms with Gasteiger partial charge in [-0.25, -0.2) is 4.98 Å². The van der Waals surface area contributed by atoms with E-state index in [1.807, 2.05) is 0 Å². The number of carbonyl (C=O) groups excluding carboxylic acids is 3.